The van der Waals surface area contributed by atoms with E-state index in [0.717, 1.165) is 12.1 Å². The smallest absolute Gasteiger partial charge is 0.418 e. The van der Waals surface area contributed by atoms with E-state index in [4.69, 9.17) is 14.2 Å². The minimum atomic E-state index is -4.67. The Morgan fingerprint density at radius 2 is 1.86 bits per heavy atom. The fourth-order valence-corrected chi connectivity index (χ4v) is 5.85. The molecule has 1 fully saturated rings. The van der Waals surface area contributed by atoms with Crippen LogP contribution >= 0.6 is 0 Å². The molecular weight excluding hydrogens is 571 g/mol. The molecule has 3 heterocycles. The van der Waals surface area contributed by atoms with E-state index in [0.29, 0.717) is 18.1 Å². The normalized spacial score (nSPS) is 20.3. The number of carbonyl (C=O) groups excluding carboxylic acids is 2. The molecule has 0 N–H and O–H groups in total. The van der Waals surface area contributed by atoms with E-state index in [-0.39, 0.29) is 43.8 Å². The van der Waals surface area contributed by atoms with E-state index in [1.807, 2.05) is 0 Å². The van der Waals surface area contributed by atoms with Gasteiger partial charge in [-0.3, -0.25) is 4.79 Å². The molecule has 1 unspecified atom stereocenters. The maximum atomic E-state index is 14.3. The molecule has 0 saturated carbocycles. The van der Waals surface area contributed by atoms with Crippen LogP contribution in [0.4, 0.5) is 29.3 Å². The van der Waals surface area contributed by atoms with Crippen molar-refractivity contribution in [3.05, 3.63) is 17.7 Å². The number of ether oxygens (including phenoxy) is 3. The van der Waals surface area contributed by atoms with Gasteiger partial charge < -0.3 is 28.9 Å². The number of anilines is 2. The van der Waals surface area contributed by atoms with Gasteiger partial charge >= 0.3 is 12.3 Å². The number of alkyl halides is 3. The highest BCUT2D eigenvalue weighted by Gasteiger charge is 2.49. The van der Waals surface area contributed by atoms with Crippen LogP contribution in [0.3, 0.4) is 0 Å². The average Bonchev–Trinajstić information content (AvgIpc) is 2.83. The van der Waals surface area contributed by atoms with Crippen LogP contribution in [-0.2, 0) is 20.4 Å². The number of likely N-dealkylation sites (N-methyl/N-ethyl adjacent to an activating group) is 1. The van der Waals surface area contributed by atoms with Gasteiger partial charge in [-0.15, -0.1) is 0 Å². The number of halogens is 3. The lowest BCUT2D eigenvalue weighted by Gasteiger charge is -2.53. The second-order valence-electron chi connectivity index (χ2n) is 13.7. The molecule has 234 valence electrons. The molecule has 0 spiro atoms. The Morgan fingerprint density at radius 3 is 2.43 bits per heavy atom. The molecule has 3 aliphatic rings. The summed E-state index contributed by atoms with van der Waals surface area (Å²) in [7, 11) is 0.267. The molecule has 2 amide bonds. The number of hydrogen-bond acceptors (Lipinski definition) is 8. The van der Waals surface area contributed by atoms with Crippen molar-refractivity contribution in [2.24, 2.45) is 5.10 Å². The Morgan fingerprint density at radius 1 is 1.21 bits per heavy atom. The van der Waals surface area contributed by atoms with Gasteiger partial charge in [-0.25, -0.2) is 9.80 Å². The lowest BCUT2D eigenvalue weighted by atomic mass is 9.89. The molecule has 14 heteroatoms. The first kappa shape index (κ1) is 31.9. The number of carbonyl (C=O) groups is 2. The first-order chi connectivity index (χ1) is 19.2. The second kappa shape index (κ2) is 10.9. The van der Waals surface area contributed by atoms with E-state index in [9.17, 15) is 22.8 Å². The van der Waals surface area contributed by atoms with Gasteiger partial charge in [-0.05, 0) is 52.8 Å². The summed E-state index contributed by atoms with van der Waals surface area (Å²) in [5.74, 6) is 0.100. The number of hydrogen-bond donors (Lipinski definition) is 0. The van der Waals surface area contributed by atoms with E-state index >= 15 is 0 Å². The molecule has 0 radical (unpaired) electrons. The SMILES string of the molecule is CC1C(=O)N(COCC[Si](C)(C)C)N=C2COc3cc(C(F)(F)F)c(N(C)C4(C)CN(C(=O)OC(C)(C)C)C4)cc3N21. The minimum absolute atomic E-state index is 0.00858. The van der Waals surface area contributed by atoms with E-state index in [1.54, 1.807) is 46.6 Å². The van der Waals surface area contributed by atoms with Gasteiger partial charge in [0.1, 0.15) is 30.7 Å². The summed E-state index contributed by atoms with van der Waals surface area (Å²) < 4.78 is 59.9. The molecule has 1 aromatic rings. The van der Waals surface area contributed by atoms with Crippen molar-refractivity contribution < 1.29 is 37.0 Å². The number of fused-ring (bicyclic) bond motifs is 3. The predicted octanol–water partition coefficient (Wildman–Crippen LogP) is 5.21. The van der Waals surface area contributed by atoms with Crippen molar-refractivity contribution in [1.29, 1.82) is 0 Å². The molecule has 0 aromatic heterocycles. The van der Waals surface area contributed by atoms with Crippen LogP contribution in [0.15, 0.2) is 17.2 Å². The van der Waals surface area contributed by atoms with Crippen molar-refractivity contribution in [2.75, 3.05) is 49.9 Å². The molecule has 1 saturated heterocycles. The topological polar surface area (TPSA) is 87.2 Å². The van der Waals surface area contributed by atoms with Crippen LogP contribution in [0.1, 0.15) is 40.2 Å². The largest absolute Gasteiger partial charge is 0.483 e. The molecule has 10 nitrogen and oxygen atoms in total. The Hall–Kier alpha value is -3.00. The van der Waals surface area contributed by atoms with Gasteiger partial charge in [0.05, 0.1) is 22.5 Å². The van der Waals surface area contributed by atoms with Crippen LogP contribution in [0.5, 0.6) is 5.75 Å². The van der Waals surface area contributed by atoms with E-state index in [2.05, 4.69) is 24.7 Å². The number of amidine groups is 1. The van der Waals surface area contributed by atoms with Crippen LogP contribution in [-0.4, -0.2) is 93.1 Å². The Bertz CT molecular complexity index is 1250. The quantitative estimate of drug-likeness (QED) is 0.308. The van der Waals surface area contributed by atoms with Crippen molar-refractivity contribution in [3.63, 3.8) is 0 Å². The zero-order chi connectivity index (χ0) is 31.4. The molecule has 0 aliphatic carbocycles. The highest BCUT2D eigenvalue weighted by atomic mass is 28.3. The lowest BCUT2D eigenvalue weighted by molar-refractivity contribution is -0.139. The van der Waals surface area contributed by atoms with Gasteiger partial charge in [0.25, 0.3) is 5.91 Å². The van der Waals surface area contributed by atoms with E-state index < -0.39 is 43.1 Å². The first-order valence-corrected chi connectivity index (χ1v) is 17.8. The maximum Gasteiger partial charge on any atom is 0.418 e. The molecule has 0 bridgehead atoms. The monoisotopic (exact) mass is 613 g/mol. The summed E-state index contributed by atoms with van der Waals surface area (Å²) in [5.41, 5.74) is -2.11. The van der Waals surface area contributed by atoms with E-state index in [1.165, 1.54) is 20.9 Å². The second-order valence-corrected chi connectivity index (χ2v) is 19.3. The van der Waals surface area contributed by atoms with Crippen LogP contribution in [0.2, 0.25) is 25.7 Å². The third kappa shape index (κ3) is 6.64. The summed E-state index contributed by atoms with van der Waals surface area (Å²) in [6.45, 7) is 16.2. The number of benzene rings is 1. The Kier molecular flexibility index (Phi) is 8.30. The summed E-state index contributed by atoms with van der Waals surface area (Å²) >= 11 is 0. The minimum Gasteiger partial charge on any atom is -0.483 e. The average molecular weight is 614 g/mol. The molecular formula is C28H42F3N5O5Si. The van der Waals surface area contributed by atoms with Gasteiger partial charge in [-0.2, -0.15) is 18.3 Å². The molecule has 4 rings (SSSR count). The third-order valence-corrected chi connectivity index (χ3v) is 9.31. The van der Waals surface area contributed by atoms with Crippen LogP contribution < -0.4 is 14.5 Å². The number of nitrogens with zero attached hydrogens (tertiary/aromatic N) is 5. The lowest BCUT2D eigenvalue weighted by Crippen LogP contribution is -2.69. The van der Waals surface area contributed by atoms with Gasteiger partial charge in [-0.1, -0.05) is 19.6 Å². The summed E-state index contributed by atoms with van der Waals surface area (Å²) in [6.07, 6.45) is -5.19. The summed E-state index contributed by atoms with van der Waals surface area (Å²) in [5, 5.41) is 5.70. The van der Waals surface area contributed by atoms with Crippen molar-refractivity contribution in [3.8, 4) is 5.75 Å². The molecule has 1 aromatic carbocycles. The first-order valence-electron chi connectivity index (χ1n) is 14.1. The van der Waals surface area contributed by atoms with Crippen LogP contribution in [0.25, 0.3) is 0 Å². The Labute approximate surface area is 246 Å². The number of likely N-dealkylation sites (tertiary alicyclic amines) is 1. The fraction of sp³-hybridized carbons (Fsp3) is 0.679. The highest BCUT2D eigenvalue weighted by Crippen LogP contribution is 2.47. The highest BCUT2D eigenvalue weighted by molar-refractivity contribution is 6.76. The van der Waals surface area contributed by atoms with Gasteiger partial charge in [0.2, 0.25) is 0 Å². The summed E-state index contributed by atoms with van der Waals surface area (Å²) in [6, 6.07) is 2.58. The molecule has 42 heavy (non-hydrogen) atoms. The molecule has 1 atom stereocenters. The summed E-state index contributed by atoms with van der Waals surface area (Å²) in [4.78, 5) is 30.4. The zero-order valence-corrected chi connectivity index (χ0v) is 26.9. The number of amides is 2. The van der Waals surface area contributed by atoms with Gasteiger partial charge in [0.15, 0.2) is 5.84 Å². The van der Waals surface area contributed by atoms with Crippen LogP contribution in [0, 0.1) is 0 Å². The van der Waals surface area contributed by atoms with Crippen molar-refractivity contribution in [1.82, 2.24) is 9.91 Å². The third-order valence-electron chi connectivity index (χ3n) is 7.61. The predicted molar refractivity (Wildman–Crippen MR) is 157 cm³/mol. The Balaban J connectivity index is 1.61. The zero-order valence-electron chi connectivity index (χ0n) is 25.9. The number of hydrazone groups is 1. The standard InChI is InChI=1S/C28H42F3N5O5Si/c1-18-24(37)35(17-39-10-11-42(7,8)9)32-23-14-40-22-12-19(28(29,30)31)20(13-21(22)36(18)23)33(6)27(5)15-34(16-27)25(38)41-26(2,3)4/h12-13,18H,10-11,14-17H2,1-9H3. The van der Waals surface area contributed by atoms with Crippen molar-refractivity contribution in [2.45, 2.75) is 83.7 Å². The fourth-order valence-electron chi connectivity index (χ4n) is 5.10. The number of rotatable bonds is 7. The maximum absolute atomic E-state index is 14.3. The van der Waals surface area contributed by atoms with Crippen molar-refractivity contribution >= 4 is 37.3 Å². The van der Waals surface area contributed by atoms with Gasteiger partial charge in [0, 0.05) is 34.8 Å². The molecule has 3 aliphatic heterocycles.